The molecule has 1 aliphatic rings. The van der Waals surface area contributed by atoms with Gasteiger partial charge in [0.2, 0.25) is 0 Å². The molecule has 4 rings (SSSR count). The van der Waals surface area contributed by atoms with E-state index in [0.29, 0.717) is 17.5 Å². The largest absolute Gasteiger partial charge is 0.281 e. The molecule has 7 heteroatoms. The SMILES string of the molecule is CSc1cnc(C[C@H]2CC[C@H](Cc3ncc(-n4ccccc4=O)cn3)C2)nc1. The molecule has 2 atom stereocenters. The zero-order chi connectivity index (χ0) is 19.3. The minimum atomic E-state index is -0.0785. The first-order chi connectivity index (χ1) is 13.7. The molecule has 1 aliphatic carbocycles. The maximum atomic E-state index is 11.9. The normalized spacial score (nSPS) is 19.0. The van der Waals surface area contributed by atoms with E-state index in [1.807, 2.05) is 24.7 Å². The Morgan fingerprint density at radius 3 is 2.14 bits per heavy atom. The van der Waals surface area contributed by atoms with Crippen molar-refractivity contribution in [2.75, 3.05) is 6.26 Å². The lowest BCUT2D eigenvalue weighted by atomic mass is 9.99. The van der Waals surface area contributed by atoms with E-state index in [1.165, 1.54) is 18.9 Å². The van der Waals surface area contributed by atoms with E-state index in [4.69, 9.17) is 0 Å². The van der Waals surface area contributed by atoms with Crippen molar-refractivity contribution in [1.82, 2.24) is 24.5 Å². The third-order valence-electron chi connectivity index (χ3n) is 5.30. The molecule has 0 radical (unpaired) electrons. The fraction of sp³-hybridized carbons (Fsp3) is 0.381. The topological polar surface area (TPSA) is 73.6 Å². The van der Waals surface area contributed by atoms with Crippen LogP contribution in [0.5, 0.6) is 0 Å². The van der Waals surface area contributed by atoms with Crippen molar-refractivity contribution in [3.63, 3.8) is 0 Å². The molecule has 0 bridgehead atoms. The van der Waals surface area contributed by atoms with E-state index < -0.39 is 0 Å². The Morgan fingerprint density at radius 2 is 1.57 bits per heavy atom. The van der Waals surface area contributed by atoms with Crippen LogP contribution >= 0.6 is 11.8 Å². The number of hydrogen-bond donors (Lipinski definition) is 0. The van der Waals surface area contributed by atoms with Crippen LogP contribution in [-0.2, 0) is 12.8 Å². The van der Waals surface area contributed by atoms with Gasteiger partial charge in [-0.05, 0) is 43.4 Å². The van der Waals surface area contributed by atoms with Crippen LogP contribution in [0.3, 0.4) is 0 Å². The van der Waals surface area contributed by atoms with Gasteiger partial charge in [-0.3, -0.25) is 9.36 Å². The van der Waals surface area contributed by atoms with Crippen LogP contribution in [0.1, 0.15) is 30.9 Å². The molecule has 0 aromatic carbocycles. The second-order valence-corrected chi connectivity index (χ2v) is 8.14. The van der Waals surface area contributed by atoms with Crippen LogP contribution in [0.2, 0.25) is 0 Å². The van der Waals surface area contributed by atoms with Crippen molar-refractivity contribution in [2.24, 2.45) is 11.8 Å². The van der Waals surface area contributed by atoms with Crippen molar-refractivity contribution in [2.45, 2.75) is 37.0 Å². The van der Waals surface area contributed by atoms with Gasteiger partial charge in [-0.25, -0.2) is 19.9 Å². The van der Waals surface area contributed by atoms with Gasteiger partial charge in [0, 0.05) is 42.4 Å². The first kappa shape index (κ1) is 18.8. The van der Waals surface area contributed by atoms with Crippen molar-refractivity contribution >= 4 is 11.8 Å². The van der Waals surface area contributed by atoms with Gasteiger partial charge >= 0.3 is 0 Å². The predicted octanol–water partition coefficient (Wildman–Crippen LogP) is 3.34. The molecule has 0 unspecified atom stereocenters. The Balaban J connectivity index is 1.34. The van der Waals surface area contributed by atoms with Gasteiger partial charge in [0.25, 0.3) is 5.56 Å². The number of hydrogen-bond acceptors (Lipinski definition) is 6. The molecule has 6 nitrogen and oxygen atoms in total. The molecule has 0 saturated heterocycles. The number of thioether (sulfide) groups is 1. The number of aromatic nitrogens is 5. The van der Waals surface area contributed by atoms with Gasteiger partial charge in [0.05, 0.1) is 18.1 Å². The van der Waals surface area contributed by atoms with E-state index in [2.05, 4.69) is 19.9 Å². The first-order valence-corrected chi connectivity index (χ1v) is 10.8. The van der Waals surface area contributed by atoms with Gasteiger partial charge in [0.1, 0.15) is 11.6 Å². The van der Waals surface area contributed by atoms with Gasteiger partial charge in [-0.2, -0.15) is 0 Å². The molecule has 144 valence electrons. The predicted molar refractivity (Wildman–Crippen MR) is 110 cm³/mol. The summed E-state index contributed by atoms with van der Waals surface area (Å²) < 4.78 is 1.55. The Hall–Kier alpha value is -2.54. The maximum absolute atomic E-state index is 11.9. The standard InChI is InChI=1S/C21H23N5OS/c1-28-18-13-24-20(25-14-18)10-16-6-5-15(8-16)9-19-22-11-17(12-23-19)26-7-3-2-4-21(26)27/h2-4,7,11-16H,5-6,8-10H2,1H3/t15-,16-/m0/s1. The second-order valence-electron chi connectivity index (χ2n) is 7.26. The van der Waals surface area contributed by atoms with Gasteiger partial charge in [-0.15, -0.1) is 11.8 Å². The summed E-state index contributed by atoms with van der Waals surface area (Å²) >= 11 is 1.66. The summed E-state index contributed by atoms with van der Waals surface area (Å²) in [6.45, 7) is 0. The van der Waals surface area contributed by atoms with Crippen LogP contribution in [0.25, 0.3) is 5.69 Å². The summed E-state index contributed by atoms with van der Waals surface area (Å²) in [7, 11) is 0. The summed E-state index contributed by atoms with van der Waals surface area (Å²) in [6.07, 6.45) is 16.4. The van der Waals surface area contributed by atoms with Crippen molar-refractivity contribution < 1.29 is 0 Å². The summed E-state index contributed by atoms with van der Waals surface area (Å²) in [5.74, 6) is 3.02. The van der Waals surface area contributed by atoms with Crippen molar-refractivity contribution in [3.05, 3.63) is 71.2 Å². The molecule has 1 fully saturated rings. The summed E-state index contributed by atoms with van der Waals surface area (Å²) in [6, 6.07) is 5.09. The average molecular weight is 394 g/mol. The molecule has 1 saturated carbocycles. The highest BCUT2D eigenvalue weighted by Gasteiger charge is 2.26. The Kier molecular flexibility index (Phi) is 5.81. The maximum Gasteiger partial charge on any atom is 0.255 e. The zero-order valence-electron chi connectivity index (χ0n) is 15.9. The van der Waals surface area contributed by atoms with Crippen LogP contribution in [0.4, 0.5) is 0 Å². The minimum absolute atomic E-state index is 0.0785. The van der Waals surface area contributed by atoms with E-state index >= 15 is 0 Å². The molecule has 0 N–H and O–H groups in total. The van der Waals surface area contributed by atoms with E-state index in [-0.39, 0.29) is 5.56 Å². The fourth-order valence-corrected chi connectivity index (χ4v) is 4.15. The van der Waals surface area contributed by atoms with Crippen LogP contribution in [0, 0.1) is 11.8 Å². The second kappa shape index (κ2) is 8.65. The third kappa shape index (κ3) is 4.47. The van der Waals surface area contributed by atoms with E-state index in [1.54, 1.807) is 41.0 Å². The average Bonchev–Trinajstić information content (AvgIpc) is 3.16. The highest BCUT2D eigenvalue weighted by atomic mass is 32.2. The smallest absolute Gasteiger partial charge is 0.255 e. The third-order valence-corrected chi connectivity index (χ3v) is 5.98. The summed E-state index contributed by atoms with van der Waals surface area (Å²) in [5.41, 5.74) is 0.620. The Labute approximate surface area is 168 Å². The lowest BCUT2D eigenvalue weighted by Gasteiger charge is -2.11. The fourth-order valence-electron chi connectivity index (χ4n) is 3.84. The van der Waals surface area contributed by atoms with E-state index in [9.17, 15) is 4.79 Å². The zero-order valence-corrected chi connectivity index (χ0v) is 16.7. The molecular formula is C21H23N5OS. The number of nitrogens with zero attached hydrogens (tertiary/aromatic N) is 5. The molecule has 3 heterocycles. The molecule has 0 spiro atoms. The number of rotatable bonds is 6. The Bertz CT molecular complexity index is 971. The highest BCUT2D eigenvalue weighted by Crippen LogP contribution is 2.34. The van der Waals surface area contributed by atoms with Gasteiger partial charge in [-0.1, -0.05) is 6.07 Å². The van der Waals surface area contributed by atoms with Crippen LogP contribution in [-0.4, -0.2) is 30.8 Å². The lowest BCUT2D eigenvalue weighted by molar-refractivity contribution is 0.472. The van der Waals surface area contributed by atoms with E-state index in [0.717, 1.165) is 35.8 Å². The molecular weight excluding hydrogens is 370 g/mol. The summed E-state index contributed by atoms with van der Waals surface area (Å²) in [5, 5.41) is 0. The van der Waals surface area contributed by atoms with Crippen molar-refractivity contribution in [3.8, 4) is 5.69 Å². The molecule has 3 aromatic rings. The van der Waals surface area contributed by atoms with Crippen LogP contribution in [0.15, 0.2) is 58.9 Å². The first-order valence-electron chi connectivity index (χ1n) is 9.55. The minimum Gasteiger partial charge on any atom is -0.281 e. The summed E-state index contributed by atoms with van der Waals surface area (Å²) in [4.78, 5) is 31.0. The highest BCUT2D eigenvalue weighted by molar-refractivity contribution is 7.98. The Morgan fingerprint density at radius 1 is 0.964 bits per heavy atom. The number of pyridine rings is 1. The monoisotopic (exact) mass is 393 g/mol. The quantitative estimate of drug-likeness (QED) is 0.598. The van der Waals surface area contributed by atoms with Crippen molar-refractivity contribution in [1.29, 1.82) is 0 Å². The lowest BCUT2D eigenvalue weighted by Crippen LogP contribution is -2.16. The van der Waals surface area contributed by atoms with Gasteiger partial charge in [0.15, 0.2) is 0 Å². The van der Waals surface area contributed by atoms with Gasteiger partial charge < -0.3 is 0 Å². The molecule has 28 heavy (non-hydrogen) atoms. The molecule has 0 amide bonds. The molecule has 3 aromatic heterocycles. The molecule has 0 aliphatic heterocycles. The van der Waals surface area contributed by atoms with Crippen LogP contribution < -0.4 is 5.56 Å².